The molecule has 0 amide bonds. The second kappa shape index (κ2) is 65.7. The molecule has 6 heteroatoms. The maximum absolute atomic E-state index is 12.8. The number of hydrogen-bond acceptors (Lipinski definition) is 6. The Labute approximate surface area is 475 Å². The van der Waals surface area contributed by atoms with Gasteiger partial charge < -0.3 is 14.2 Å². The van der Waals surface area contributed by atoms with Crippen LogP contribution in [-0.2, 0) is 28.6 Å². The van der Waals surface area contributed by atoms with E-state index in [0.717, 1.165) is 64.2 Å². The molecule has 76 heavy (non-hydrogen) atoms. The summed E-state index contributed by atoms with van der Waals surface area (Å²) in [5.41, 5.74) is 0. The lowest BCUT2D eigenvalue weighted by atomic mass is 10.0. The summed E-state index contributed by atoms with van der Waals surface area (Å²) in [6.07, 6.45) is 78.4. The summed E-state index contributed by atoms with van der Waals surface area (Å²) < 4.78 is 16.9. The summed E-state index contributed by atoms with van der Waals surface area (Å²) >= 11 is 0. The van der Waals surface area contributed by atoms with E-state index in [1.54, 1.807) is 0 Å². The molecule has 0 aromatic carbocycles. The molecule has 0 saturated heterocycles. The van der Waals surface area contributed by atoms with Crippen molar-refractivity contribution in [3.05, 3.63) is 12.2 Å². The van der Waals surface area contributed by atoms with Crippen LogP contribution in [0.5, 0.6) is 0 Å². The maximum Gasteiger partial charge on any atom is 0.306 e. The average Bonchev–Trinajstić information content (AvgIpc) is 3.42. The summed E-state index contributed by atoms with van der Waals surface area (Å²) in [6.45, 7) is 6.68. The zero-order valence-corrected chi connectivity index (χ0v) is 51.8. The van der Waals surface area contributed by atoms with E-state index >= 15 is 0 Å². The highest BCUT2D eigenvalue weighted by molar-refractivity contribution is 5.71. The van der Waals surface area contributed by atoms with Crippen LogP contribution in [0.4, 0.5) is 0 Å². The minimum Gasteiger partial charge on any atom is -0.462 e. The van der Waals surface area contributed by atoms with Gasteiger partial charge in [0, 0.05) is 19.3 Å². The third-order valence-corrected chi connectivity index (χ3v) is 16.0. The van der Waals surface area contributed by atoms with Gasteiger partial charge in [-0.2, -0.15) is 0 Å². The number of carbonyl (C=O) groups is 3. The van der Waals surface area contributed by atoms with Crippen LogP contribution in [-0.4, -0.2) is 37.2 Å². The van der Waals surface area contributed by atoms with Gasteiger partial charge in [-0.05, 0) is 44.9 Å². The smallest absolute Gasteiger partial charge is 0.306 e. The first kappa shape index (κ1) is 74.2. The van der Waals surface area contributed by atoms with Crippen molar-refractivity contribution in [1.82, 2.24) is 0 Å². The van der Waals surface area contributed by atoms with Gasteiger partial charge in [0.2, 0.25) is 0 Å². The molecule has 0 N–H and O–H groups in total. The van der Waals surface area contributed by atoms with Crippen molar-refractivity contribution in [2.45, 2.75) is 406 Å². The minimum atomic E-state index is -0.769. The Morgan fingerprint density at radius 1 is 0.250 bits per heavy atom. The highest BCUT2D eigenvalue weighted by Crippen LogP contribution is 2.19. The van der Waals surface area contributed by atoms with Gasteiger partial charge in [0.15, 0.2) is 6.10 Å². The molecule has 0 rings (SSSR count). The fourth-order valence-electron chi connectivity index (χ4n) is 10.8. The van der Waals surface area contributed by atoms with E-state index in [-0.39, 0.29) is 31.1 Å². The molecule has 0 bridgehead atoms. The number of rotatable bonds is 65. The summed E-state index contributed by atoms with van der Waals surface area (Å²) in [6, 6.07) is 0. The Balaban J connectivity index is 3.96. The normalized spacial score (nSPS) is 12.0. The molecule has 450 valence electrons. The third-order valence-electron chi connectivity index (χ3n) is 16.0. The van der Waals surface area contributed by atoms with Gasteiger partial charge in [0.25, 0.3) is 0 Å². The van der Waals surface area contributed by atoms with E-state index in [1.807, 2.05) is 0 Å². The molecule has 1 unspecified atom stereocenters. The lowest BCUT2D eigenvalue weighted by Gasteiger charge is -2.18. The Kier molecular flexibility index (Phi) is 64.1. The van der Waals surface area contributed by atoms with E-state index in [0.29, 0.717) is 19.3 Å². The molecule has 0 aromatic rings. The molecule has 0 aliphatic heterocycles. The van der Waals surface area contributed by atoms with Crippen molar-refractivity contribution in [2.24, 2.45) is 0 Å². The van der Waals surface area contributed by atoms with Crippen LogP contribution in [0.2, 0.25) is 0 Å². The van der Waals surface area contributed by atoms with Crippen LogP contribution >= 0.6 is 0 Å². The van der Waals surface area contributed by atoms with E-state index in [9.17, 15) is 14.4 Å². The maximum atomic E-state index is 12.8. The molecular formula is C70H134O6. The standard InChI is InChI=1S/C70H134O6/c1-4-7-10-13-16-19-22-24-25-26-27-28-29-30-31-32-33-34-35-36-37-38-39-40-41-42-43-44-46-48-51-54-57-60-63-69(72)75-66-67(65-74-68(71)62-59-56-53-50-47-21-18-15-12-9-6-3)76-70(73)64-61-58-55-52-49-45-23-20-17-14-11-8-5-2/h20,23,67H,4-19,21-22,24-66H2,1-3H3/b23-20-. The largest absolute Gasteiger partial charge is 0.462 e. The second-order valence-electron chi connectivity index (χ2n) is 23.8. The van der Waals surface area contributed by atoms with E-state index in [4.69, 9.17) is 14.2 Å². The first-order valence-electron chi connectivity index (χ1n) is 34.7. The van der Waals surface area contributed by atoms with Crippen LogP contribution in [0.1, 0.15) is 400 Å². The van der Waals surface area contributed by atoms with Crippen LogP contribution in [0.15, 0.2) is 12.2 Å². The fraction of sp³-hybridized carbons (Fsp3) is 0.929. The van der Waals surface area contributed by atoms with Gasteiger partial charge in [-0.3, -0.25) is 14.4 Å². The van der Waals surface area contributed by atoms with Gasteiger partial charge in [-0.15, -0.1) is 0 Å². The van der Waals surface area contributed by atoms with E-state index < -0.39 is 6.10 Å². The lowest BCUT2D eigenvalue weighted by molar-refractivity contribution is -0.167. The molecule has 0 aromatic heterocycles. The minimum absolute atomic E-state index is 0.0674. The monoisotopic (exact) mass is 1070 g/mol. The average molecular weight is 1070 g/mol. The Hall–Kier alpha value is -1.85. The van der Waals surface area contributed by atoms with Crippen molar-refractivity contribution in [3.63, 3.8) is 0 Å². The molecule has 0 aliphatic carbocycles. The van der Waals surface area contributed by atoms with Gasteiger partial charge in [-0.25, -0.2) is 0 Å². The Bertz CT molecular complexity index is 1180. The van der Waals surface area contributed by atoms with Crippen LogP contribution in [0.3, 0.4) is 0 Å². The molecule has 1 atom stereocenters. The number of ether oxygens (including phenoxy) is 3. The first-order chi connectivity index (χ1) is 37.5. The summed E-state index contributed by atoms with van der Waals surface area (Å²) in [4.78, 5) is 38.2. The van der Waals surface area contributed by atoms with Gasteiger partial charge >= 0.3 is 17.9 Å². The highest BCUT2D eigenvalue weighted by atomic mass is 16.6. The number of allylic oxidation sites excluding steroid dienone is 2. The molecule has 0 fully saturated rings. The molecule has 6 nitrogen and oxygen atoms in total. The molecule has 0 spiro atoms. The Morgan fingerprint density at radius 2 is 0.434 bits per heavy atom. The first-order valence-corrected chi connectivity index (χ1v) is 34.7. The van der Waals surface area contributed by atoms with Gasteiger partial charge in [0.05, 0.1) is 0 Å². The SMILES string of the molecule is CCCCCC/C=C\CCCCCCCC(=O)OC(COC(=O)CCCCCCCCCCCCC)COC(=O)CCCCCCCCCCCCCCCCCCCCCCCCCCCCCCCCCCCC. The fourth-order valence-corrected chi connectivity index (χ4v) is 10.8. The van der Waals surface area contributed by atoms with Gasteiger partial charge in [0.1, 0.15) is 13.2 Å². The number of esters is 3. The number of unbranched alkanes of at least 4 members (excludes halogenated alkanes) is 52. The van der Waals surface area contributed by atoms with Gasteiger partial charge in [-0.1, -0.05) is 348 Å². The highest BCUT2D eigenvalue weighted by Gasteiger charge is 2.19. The van der Waals surface area contributed by atoms with Crippen LogP contribution in [0, 0.1) is 0 Å². The second-order valence-corrected chi connectivity index (χ2v) is 23.8. The number of hydrogen-bond donors (Lipinski definition) is 0. The summed E-state index contributed by atoms with van der Waals surface area (Å²) in [5, 5.41) is 0. The van der Waals surface area contributed by atoms with Crippen molar-refractivity contribution >= 4 is 17.9 Å². The van der Waals surface area contributed by atoms with Crippen molar-refractivity contribution in [3.8, 4) is 0 Å². The topological polar surface area (TPSA) is 78.9 Å². The van der Waals surface area contributed by atoms with Crippen molar-refractivity contribution in [2.75, 3.05) is 13.2 Å². The van der Waals surface area contributed by atoms with Crippen LogP contribution in [0.25, 0.3) is 0 Å². The lowest BCUT2D eigenvalue weighted by Crippen LogP contribution is -2.30. The predicted octanol–water partition coefficient (Wildman–Crippen LogP) is 23.6. The Morgan fingerprint density at radius 3 is 0.671 bits per heavy atom. The summed E-state index contributed by atoms with van der Waals surface area (Å²) in [5.74, 6) is -0.850. The van der Waals surface area contributed by atoms with Crippen molar-refractivity contribution in [1.29, 1.82) is 0 Å². The van der Waals surface area contributed by atoms with Crippen molar-refractivity contribution < 1.29 is 28.6 Å². The quantitative estimate of drug-likeness (QED) is 0.0261. The number of carbonyl (C=O) groups excluding carboxylic acids is 3. The van der Waals surface area contributed by atoms with E-state index in [2.05, 4.69) is 32.9 Å². The predicted molar refractivity (Wildman–Crippen MR) is 330 cm³/mol. The summed E-state index contributed by atoms with van der Waals surface area (Å²) in [7, 11) is 0. The molecule has 0 aliphatic rings. The third kappa shape index (κ3) is 63.0. The zero-order chi connectivity index (χ0) is 55.0. The molecular weight excluding hydrogens is 937 g/mol. The van der Waals surface area contributed by atoms with Crippen LogP contribution < -0.4 is 0 Å². The molecule has 0 heterocycles. The van der Waals surface area contributed by atoms with E-state index in [1.165, 1.54) is 295 Å². The molecule has 0 radical (unpaired) electrons. The molecule has 0 saturated carbocycles. The zero-order valence-electron chi connectivity index (χ0n) is 51.8.